The van der Waals surface area contributed by atoms with Crippen molar-refractivity contribution in [2.75, 3.05) is 63.6 Å². The van der Waals surface area contributed by atoms with Crippen LogP contribution in [0.2, 0.25) is 0 Å². The molecule has 3 aliphatic heterocycles. The summed E-state index contributed by atoms with van der Waals surface area (Å²) < 4.78 is 19.7. The van der Waals surface area contributed by atoms with Crippen LogP contribution in [0, 0.1) is 5.95 Å². The van der Waals surface area contributed by atoms with Gasteiger partial charge in [0.2, 0.25) is 5.95 Å². The fourth-order valence-corrected chi connectivity index (χ4v) is 7.90. The van der Waals surface area contributed by atoms with Gasteiger partial charge in [-0.05, 0) is 72.5 Å². The fourth-order valence-electron chi connectivity index (χ4n) is 7.90. The Hall–Kier alpha value is -4.42. The van der Waals surface area contributed by atoms with Crippen LogP contribution >= 0.6 is 0 Å². The molecule has 0 spiro atoms. The number of hydrogen-bond acceptors (Lipinski definition) is 9. The zero-order valence-electron chi connectivity index (χ0n) is 29.7. The van der Waals surface area contributed by atoms with Gasteiger partial charge < -0.3 is 35.6 Å². The second-order valence-corrected chi connectivity index (χ2v) is 14.9. The molecule has 0 saturated carbocycles. The summed E-state index contributed by atoms with van der Waals surface area (Å²) in [6, 6.07) is 20.3. The predicted molar refractivity (Wildman–Crippen MR) is 198 cm³/mol. The maximum atomic E-state index is 13.4. The number of aliphatic hydroxyl groups excluding tert-OH is 1. The number of pyridine rings is 2. The van der Waals surface area contributed by atoms with Crippen molar-refractivity contribution in [1.29, 1.82) is 0 Å². The maximum absolute atomic E-state index is 13.4. The van der Waals surface area contributed by atoms with Crippen molar-refractivity contribution in [2.24, 2.45) is 0 Å². The number of benzene rings is 2. The molecule has 0 aliphatic carbocycles. The van der Waals surface area contributed by atoms with Gasteiger partial charge in [0.25, 0.3) is 5.91 Å². The highest BCUT2D eigenvalue weighted by molar-refractivity contribution is 5.99. The Balaban J connectivity index is 0.981. The van der Waals surface area contributed by atoms with Gasteiger partial charge in [-0.1, -0.05) is 44.2 Å². The quantitative estimate of drug-likeness (QED) is 0.203. The summed E-state index contributed by atoms with van der Waals surface area (Å²) in [4.78, 5) is 28.5. The van der Waals surface area contributed by atoms with E-state index in [0.29, 0.717) is 36.9 Å². The van der Waals surface area contributed by atoms with Gasteiger partial charge in [0.1, 0.15) is 5.82 Å². The number of ether oxygens (including phenoxy) is 1. The number of halogens is 1. The first kappa shape index (κ1) is 35.0. The number of likely N-dealkylation sites (tertiary alicyclic amines) is 2. The highest BCUT2D eigenvalue weighted by Gasteiger charge is 2.39. The van der Waals surface area contributed by atoms with E-state index >= 15 is 0 Å². The summed E-state index contributed by atoms with van der Waals surface area (Å²) >= 11 is 0. The van der Waals surface area contributed by atoms with Crippen molar-refractivity contribution in [1.82, 2.24) is 25.1 Å². The van der Waals surface area contributed by atoms with Gasteiger partial charge in [-0.25, -0.2) is 9.97 Å². The van der Waals surface area contributed by atoms with Crippen LogP contribution < -0.4 is 16.0 Å². The van der Waals surface area contributed by atoms with Crippen LogP contribution in [0.4, 0.5) is 15.9 Å². The van der Waals surface area contributed by atoms with Crippen molar-refractivity contribution in [3.8, 4) is 22.3 Å². The number of piperidine rings is 1. The molecule has 2 aromatic carbocycles. The molecule has 2 fully saturated rings. The van der Waals surface area contributed by atoms with Gasteiger partial charge in [-0.3, -0.25) is 4.79 Å². The summed E-state index contributed by atoms with van der Waals surface area (Å²) in [6.45, 7) is 10.5. The van der Waals surface area contributed by atoms with Crippen molar-refractivity contribution >= 4 is 17.4 Å². The summed E-state index contributed by atoms with van der Waals surface area (Å²) in [5, 5.41) is 12.5. The van der Waals surface area contributed by atoms with E-state index in [2.05, 4.69) is 86.3 Å². The molecule has 51 heavy (non-hydrogen) atoms. The summed E-state index contributed by atoms with van der Waals surface area (Å²) in [5.74, 6) is -0.792. The molecule has 7 rings (SSSR count). The first-order chi connectivity index (χ1) is 24.6. The molecule has 11 heteroatoms. The molecule has 4 N–H and O–H groups in total. The van der Waals surface area contributed by atoms with E-state index in [0.717, 1.165) is 44.6 Å². The van der Waals surface area contributed by atoms with Crippen LogP contribution in [-0.4, -0.2) is 102 Å². The highest BCUT2D eigenvalue weighted by atomic mass is 19.1. The average Bonchev–Trinajstić information content (AvgIpc) is 3.62. The Morgan fingerprint density at radius 3 is 2.43 bits per heavy atom. The van der Waals surface area contributed by atoms with Crippen LogP contribution in [0.3, 0.4) is 0 Å². The molecular formula is C40H48FN7O3. The molecule has 1 amide bonds. The van der Waals surface area contributed by atoms with Gasteiger partial charge >= 0.3 is 0 Å². The summed E-state index contributed by atoms with van der Waals surface area (Å²) in [6.07, 6.45) is 5.00. The van der Waals surface area contributed by atoms with E-state index in [1.165, 1.54) is 34.6 Å². The number of carbonyl (C=O) groups is 1. The number of nitrogens with two attached hydrogens (primary N) is 1. The number of hydrogen-bond donors (Lipinski definition) is 3. The summed E-state index contributed by atoms with van der Waals surface area (Å²) in [5.41, 5.74) is 13.9. The lowest BCUT2D eigenvalue weighted by Gasteiger charge is -2.38. The number of anilines is 2. The number of nitrogens with one attached hydrogen (secondary N) is 1. The van der Waals surface area contributed by atoms with E-state index in [4.69, 9.17) is 10.5 Å². The Bertz CT molecular complexity index is 1840. The molecule has 2 atom stereocenters. The topological polar surface area (TPSA) is 120 Å². The molecule has 4 aromatic rings. The number of aliphatic hydroxyl groups is 1. The Labute approximate surface area is 299 Å². The molecule has 2 saturated heterocycles. The van der Waals surface area contributed by atoms with Crippen molar-refractivity contribution < 1.29 is 19.0 Å². The fraction of sp³-hybridized carbons (Fsp3) is 0.425. The first-order valence-electron chi connectivity index (χ1n) is 17.9. The van der Waals surface area contributed by atoms with E-state index in [1.807, 2.05) is 7.05 Å². The van der Waals surface area contributed by atoms with E-state index in [1.54, 1.807) is 18.3 Å². The standard InChI is InChI=1S/C40H48FN7O3/c1-40(2)25-48(31-12-14-47(15-13-31)16-17-49)35-10-8-28(19-33(35)40)27-6-4-26(5-7-27)24-51-36-23-46(3)22-34(36)45-39(50)32-18-30(21-44-38(32)42)29-9-11-37(41)43-20-29/h4-11,18-21,31,34,36,49H,12-17,22-25H2,1-3H3,(H2,42,44)(H,45,50)/t34-,36-/m0/s1. The van der Waals surface area contributed by atoms with E-state index in [9.17, 15) is 14.3 Å². The van der Waals surface area contributed by atoms with Crippen LogP contribution in [0.25, 0.3) is 22.3 Å². The number of aromatic nitrogens is 2. The Morgan fingerprint density at radius 2 is 1.71 bits per heavy atom. The van der Waals surface area contributed by atoms with Crippen LogP contribution in [-0.2, 0) is 16.8 Å². The lowest BCUT2D eigenvalue weighted by Crippen LogP contribution is -2.46. The minimum absolute atomic E-state index is 0.0624. The molecule has 0 bridgehead atoms. The van der Waals surface area contributed by atoms with Crippen LogP contribution in [0.15, 0.2) is 73.1 Å². The predicted octanol–water partition coefficient (Wildman–Crippen LogP) is 4.72. The van der Waals surface area contributed by atoms with Gasteiger partial charge in [-0.2, -0.15) is 4.39 Å². The zero-order chi connectivity index (χ0) is 35.7. The van der Waals surface area contributed by atoms with E-state index < -0.39 is 5.95 Å². The minimum atomic E-state index is -0.578. The van der Waals surface area contributed by atoms with Gasteiger partial charge in [0.05, 0.1) is 30.9 Å². The van der Waals surface area contributed by atoms with E-state index in [-0.39, 0.29) is 41.5 Å². The number of rotatable bonds is 10. The number of nitrogen functional groups attached to an aromatic ring is 1. The van der Waals surface area contributed by atoms with Crippen molar-refractivity contribution in [3.63, 3.8) is 0 Å². The maximum Gasteiger partial charge on any atom is 0.255 e. The minimum Gasteiger partial charge on any atom is -0.395 e. The summed E-state index contributed by atoms with van der Waals surface area (Å²) in [7, 11) is 2.01. The zero-order valence-corrected chi connectivity index (χ0v) is 29.7. The molecule has 3 aliphatic rings. The average molecular weight is 694 g/mol. The Kier molecular flexibility index (Phi) is 10.1. The second kappa shape index (κ2) is 14.7. The first-order valence-corrected chi connectivity index (χ1v) is 17.9. The number of carbonyl (C=O) groups excluding carboxylic acids is 1. The molecule has 5 heterocycles. The number of likely N-dealkylation sites (N-methyl/N-ethyl adjacent to an activating group) is 1. The monoisotopic (exact) mass is 693 g/mol. The third kappa shape index (κ3) is 7.62. The number of amides is 1. The number of β-amino-alcohol motifs (C(OH)–C–C–N with tert-alkyl or cyclic N) is 1. The lowest BCUT2D eigenvalue weighted by molar-refractivity contribution is 0.0323. The van der Waals surface area contributed by atoms with Crippen LogP contribution in [0.5, 0.6) is 0 Å². The number of nitrogens with zero attached hydrogens (tertiary/aromatic N) is 5. The molecule has 268 valence electrons. The highest BCUT2D eigenvalue weighted by Crippen LogP contribution is 2.44. The van der Waals surface area contributed by atoms with Gasteiger partial charge in [-0.15, -0.1) is 0 Å². The molecular weight excluding hydrogens is 645 g/mol. The largest absolute Gasteiger partial charge is 0.395 e. The third-order valence-electron chi connectivity index (χ3n) is 10.8. The van der Waals surface area contributed by atoms with Crippen molar-refractivity contribution in [2.45, 2.75) is 56.9 Å². The van der Waals surface area contributed by atoms with Gasteiger partial charge in [0, 0.05) is 79.9 Å². The molecule has 0 radical (unpaired) electrons. The van der Waals surface area contributed by atoms with Crippen molar-refractivity contribution in [3.05, 3.63) is 95.7 Å². The number of fused-ring (bicyclic) bond motifs is 1. The second-order valence-electron chi connectivity index (χ2n) is 14.9. The molecule has 10 nitrogen and oxygen atoms in total. The third-order valence-corrected chi connectivity index (χ3v) is 10.8. The molecule has 0 unspecified atom stereocenters. The molecule has 2 aromatic heterocycles. The smallest absolute Gasteiger partial charge is 0.255 e. The Morgan fingerprint density at radius 1 is 0.980 bits per heavy atom. The van der Waals surface area contributed by atoms with Crippen LogP contribution in [0.1, 0.15) is 48.2 Å². The lowest BCUT2D eigenvalue weighted by atomic mass is 9.85. The normalized spacial score (nSPS) is 20.8. The SMILES string of the molecule is CN1C[C@H](NC(=O)c2cc(-c3ccc(F)nc3)cnc2N)[C@@H](OCc2ccc(-c3ccc4c(c3)C(C)(C)CN4C3CCN(CCO)CC3)cc2)C1. The van der Waals surface area contributed by atoms with Gasteiger partial charge in [0.15, 0.2) is 0 Å².